The van der Waals surface area contributed by atoms with Crippen LogP contribution in [-0.4, -0.2) is 28.5 Å². The first-order valence-corrected chi connectivity index (χ1v) is 13.0. The number of aromatic hydroxyl groups is 1. The van der Waals surface area contributed by atoms with Gasteiger partial charge in [-0.15, -0.1) is 0 Å². The van der Waals surface area contributed by atoms with Gasteiger partial charge >= 0.3 is 0 Å². The Balaban J connectivity index is 1.49. The molecule has 190 valence electrons. The Morgan fingerprint density at radius 2 is 1.76 bits per heavy atom. The number of benzene rings is 2. The zero-order chi connectivity index (χ0) is 26.9. The molecule has 2 amide bonds. The predicted octanol–water partition coefficient (Wildman–Crippen LogP) is 5.14. The van der Waals surface area contributed by atoms with Crippen molar-refractivity contribution in [1.29, 1.82) is 0 Å². The molecule has 0 saturated carbocycles. The molecule has 6 rings (SSSR count). The Kier molecular flexibility index (Phi) is 5.68. The first-order chi connectivity index (χ1) is 18.2. The third-order valence-corrected chi connectivity index (χ3v) is 8.64. The number of Topliss-reactive ketones (excluding diaryl/α,β-unsaturated/α-hetero) is 1. The van der Waals surface area contributed by atoms with E-state index < -0.39 is 46.8 Å². The Labute approximate surface area is 226 Å². The van der Waals surface area contributed by atoms with Crippen molar-refractivity contribution in [2.45, 2.75) is 18.8 Å². The van der Waals surface area contributed by atoms with Gasteiger partial charge in [0.05, 0.1) is 22.0 Å². The average Bonchev–Trinajstić information content (AvgIpc) is 3.17. The fraction of sp³-hybridized carbons (Fsp3) is 0.200. The molecule has 1 heterocycles. The fourth-order valence-electron chi connectivity index (χ4n) is 6.34. The number of ketones is 2. The first-order valence-electron chi connectivity index (χ1n) is 12.2. The number of halogens is 2. The van der Waals surface area contributed by atoms with Crippen molar-refractivity contribution in [3.05, 3.63) is 99.3 Å². The summed E-state index contributed by atoms with van der Waals surface area (Å²) in [6, 6.07) is 11.0. The van der Waals surface area contributed by atoms with Crippen molar-refractivity contribution in [3.8, 4) is 5.75 Å². The van der Waals surface area contributed by atoms with E-state index in [2.05, 4.69) is 22.5 Å². The van der Waals surface area contributed by atoms with Gasteiger partial charge in [0, 0.05) is 28.7 Å². The number of allylic oxidation sites excluding steroid dienone is 6. The monoisotopic (exact) mass is 573 g/mol. The quantitative estimate of drug-likeness (QED) is 0.312. The number of carbonyl (C=O) groups excluding carboxylic acids is 4. The Morgan fingerprint density at radius 3 is 2.47 bits per heavy atom. The van der Waals surface area contributed by atoms with Crippen LogP contribution in [0.1, 0.15) is 29.9 Å². The lowest BCUT2D eigenvalue weighted by molar-refractivity contribution is -0.123. The van der Waals surface area contributed by atoms with E-state index >= 15 is 0 Å². The standard InChI is InChI=1S/C30H21BrFNO5/c1-2-14-6-8-15(9-7-14)33-29(37)18-11-10-16-19(25(18)30(33)38)12-20-26(23(34)13-21(31)27(20)35)24(16)17-4-3-5-22(32)28(17)36/h2-10,13,18-19,24-25,36H,1,11-12H2/t18-,19+,24+,25-/m0/s1. The van der Waals surface area contributed by atoms with Crippen molar-refractivity contribution in [3.63, 3.8) is 0 Å². The number of fused-ring (bicyclic) bond motifs is 3. The highest BCUT2D eigenvalue weighted by molar-refractivity contribution is 9.12. The maximum atomic E-state index is 14.5. The van der Waals surface area contributed by atoms with Crippen molar-refractivity contribution < 1.29 is 28.7 Å². The number of carbonyl (C=O) groups is 4. The molecular weight excluding hydrogens is 553 g/mol. The van der Waals surface area contributed by atoms with E-state index in [0.717, 1.165) is 11.6 Å². The minimum absolute atomic E-state index is 0.0880. The molecule has 6 nitrogen and oxygen atoms in total. The van der Waals surface area contributed by atoms with E-state index in [9.17, 15) is 28.7 Å². The van der Waals surface area contributed by atoms with Gasteiger partial charge in [-0.25, -0.2) is 4.39 Å². The summed E-state index contributed by atoms with van der Waals surface area (Å²) in [7, 11) is 0. The second-order valence-corrected chi connectivity index (χ2v) is 10.7. The van der Waals surface area contributed by atoms with Crippen molar-refractivity contribution in [1.82, 2.24) is 0 Å². The number of nitrogens with zero attached hydrogens (tertiary/aromatic N) is 1. The average molecular weight is 574 g/mol. The predicted molar refractivity (Wildman–Crippen MR) is 142 cm³/mol. The zero-order valence-electron chi connectivity index (χ0n) is 20.0. The van der Waals surface area contributed by atoms with Crippen LogP contribution in [0.5, 0.6) is 5.75 Å². The smallest absolute Gasteiger partial charge is 0.238 e. The van der Waals surface area contributed by atoms with Crippen LogP contribution in [0.4, 0.5) is 10.1 Å². The van der Waals surface area contributed by atoms with E-state index in [1.54, 1.807) is 30.3 Å². The molecule has 0 unspecified atom stereocenters. The van der Waals surface area contributed by atoms with Crippen LogP contribution >= 0.6 is 15.9 Å². The van der Waals surface area contributed by atoms with Crippen molar-refractivity contribution in [2.75, 3.05) is 4.90 Å². The van der Waals surface area contributed by atoms with E-state index in [1.165, 1.54) is 23.1 Å². The van der Waals surface area contributed by atoms with Gasteiger partial charge in [-0.2, -0.15) is 0 Å². The van der Waals surface area contributed by atoms with Crippen LogP contribution in [0.25, 0.3) is 6.08 Å². The topological polar surface area (TPSA) is 91.8 Å². The first kappa shape index (κ1) is 24.4. The molecule has 4 aliphatic rings. The minimum atomic E-state index is -0.919. The Morgan fingerprint density at radius 1 is 1.03 bits per heavy atom. The number of rotatable bonds is 3. The second kappa shape index (κ2) is 8.84. The lowest BCUT2D eigenvalue weighted by atomic mass is 9.59. The fourth-order valence-corrected chi connectivity index (χ4v) is 6.79. The van der Waals surface area contributed by atoms with E-state index in [-0.39, 0.29) is 45.8 Å². The van der Waals surface area contributed by atoms with Crippen LogP contribution in [0.3, 0.4) is 0 Å². The van der Waals surface area contributed by atoms with Gasteiger partial charge in [0.1, 0.15) is 0 Å². The van der Waals surface area contributed by atoms with Gasteiger partial charge in [-0.05, 0) is 58.5 Å². The summed E-state index contributed by atoms with van der Waals surface area (Å²) in [6.07, 6.45) is 5.02. The van der Waals surface area contributed by atoms with Gasteiger partial charge in [0.15, 0.2) is 23.1 Å². The van der Waals surface area contributed by atoms with Crippen molar-refractivity contribution in [2.24, 2.45) is 17.8 Å². The number of anilines is 1. The molecule has 2 aromatic carbocycles. The largest absolute Gasteiger partial charge is 0.505 e. The molecule has 1 fully saturated rings. The third kappa shape index (κ3) is 3.43. The van der Waals surface area contributed by atoms with Crippen LogP contribution in [-0.2, 0) is 19.2 Å². The molecule has 8 heteroatoms. The maximum absolute atomic E-state index is 14.5. The highest BCUT2D eigenvalue weighted by Gasteiger charge is 2.56. The van der Waals surface area contributed by atoms with E-state index in [4.69, 9.17) is 0 Å². The molecule has 1 aliphatic heterocycles. The van der Waals surface area contributed by atoms with Gasteiger partial charge < -0.3 is 5.11 Å². The van der Waals surface area contributed by atoms with Crippen LogP contribution in [0.2, 0.25) is 0 Å². The van der Waals surface area contributed by atoms with Gasteiger partial charge in [-0.1, -0.05) is 48.6 Å². The summed E-state index contributed by atoms with van der Waals surface area (Å²) in [5.41, 5.74) is 2.48. The van der Waals surface area contributed by atoms with Crippen LogP contribution in [0, 0.1) is 23.6 Å². The van der Waals surface area contributed by atoms with Crippen molar-refractivity contribution >= 4 is 51.1 Å². The molecular formula is C30H21BrFNO5. The maximum Gasteiger partial charge on any atom is 0.238 e. The number of hydrogen-bond acceptors (Lipinski definition) is 5. The molecule has 2 aromatic rings. The van der Waals surface area contributed by atoms with E-state index in [0.29, 0.717) is 11.3 Å². The number of phenolic OH excluding ortho intramolecular Hbond substituents is 1. The molecule has 0 aromatic heterocycles. The second-order valence-electron chi connectivity index (χ2n) is 9.88. The summed E-state index contributed by atoms with van der Waals surface area (Å²) in [5.74, 6) is -5.87. The molecule has 0 spiro atoms. The Bertz CT molecular complexity index is 1570. The van der Waals surface area contributed by atoms with Gasteiger partial charge in [0.2, 0.25) is 11.8 Å². The molecule has 38 heavy (non-hydrogen) atoms. The summed E-state index contributed by atoms with van der Waals surface area (Å²) in [5, 5.41) is 10.7. The number of amides is 2. The number of hydrogen-bond donors (Lipinski definition) is 1. The highest BCUT2D eigenvalue weighted by Crippen LogP contribution is 2.56. The minimum Gasteiger partial charge on any atom is -0.505 e. The van der Waals surface area contributed by atoms with Crippen LogP contribution < -0.4 is 4.90 Å². The molecule has 3 aliphatic carbocycles. The highest BCUT2D eigenvalue weighted by atomic mass is 79.9. The SMILES string of the molecule is C=Cc1ccc(N2C(=O)[C@H]3[C@H](CC=C4[C@H](c5cccc(F)c5O)C5=C(C[C@H]43)C(=O)C(Br)=CC5=O)C2=O)cc1. The van der Waals surface area contributed by atoms with Gasteiger partial charge in [-0.3, -0.25) is 24.1 Å². The summed E-state index contributed by atoms with van der Waals surface area (Å²) >= 11 is 3.17. The summed E-state index contributed by atoms with van der Waals surface area (Å²) in [6.45, 7) is 3.73. The number of para-hydroxylation sites is 1. The number of phenols is 1. The molecule has 1 N–H and O–H groups in total. The number of imide groups is 1. The molecule has 1 saturated heterocycles. The summed E-state index contributed by atoms with van der Waals surface area (Å²) in [4.78, 5) is 55.0. The van der Waals surface area contributed by atoms with E-state index in [1.807, 2.05) is 6.08 Å². The zero-order valence-corrected chi connectivity index (χ0v) is 21.6. The lowest BCUT2D eigenvalue weighted by Gasteiger charge is -2.42. The molecule has 0 radical (unpaired) electrons. The molecule has 4 atom stereocenters. The normalized spacial score (nSPS) is 26.5. The summed E-state index contributed by atoms with van der Waals surface area (Å²) < 4.78 is 14.6. The third-order valence-electron chi connectivity index (χ3n) is 8.05. The molecule has 0 bridgehead atoms. The lowest BCUT2D eigenvalue weighted by Crippen LogP contribution is -2.39. The Hall–Kier alpha value is -3.91. The van der Waals surface area contributed by atoms with Gasteiger partial charge in [0.25, 0.3) is 0 Å². The van der Waals surface area contributed by atoms with Crippen LogP contribution in [0.15, 0.2) is 82.4 Å².